The van der Waals surface area contributed by atoms with Crippen LogP contribution < -0.4 is 5.73 Å². The summed E-state index contributed by atoms with van der Waals surface area (Å²) < 4.78 is 39.0. The minimum absolute atomic E-state index is 0.156. The molecule has 1 aromatic rings. The third-order valence-corrected chi connectivity index (χ3v) is 2.23. The number of benzene rings is 1. The maximum absolute atomic E-state index is 13.3. The summed E-state index contributed by atoms with van der Waals surface area (Å²) in [5.74, 6) is -7.11. The number of nitrogens with two attached hydrogens (primary N) is 1. The van der Waals surface area contributed by atoms with Crippen molar-refractivity contribution < 1.29 is 28.2 Å². The molecule has 0 radical (unpaired) electrons. The lowest BCUT2D eigenvalue weighted by Gasteiger charge is -2.13. The predicted molar refractivity (Wildman–Crippen MR) is 51.8 cm³/mol. The summed E-state index contributed by atoms with van der Waals surface area (Å²) in [7, 11) is 0. The second kappa shape index (κ2) is 5.05. The molecule has 17 heavy (non-hydrogen) atoms. The second-order valence-corrected chi connectivity index (χ2v) is 3.46. The topological polar surface area (TPSA) is 83.6 Å². The largest absolute Gasteiger partial charge is 0.503 e. The number of phenols is 1. The van der Waals surface area contributed by atoms with E-state index in [1.807, 2.05) is 0 Å². The van der Waals surface area contributed by atoms with Gasteiger partial charge in [-0.25, -0.2) is 8.78 Å². The third kappa shape index (κ3) is 2.88. The highest BCUT2D eigenvalue weighted by Crippen LogP contribution is 2.30. The summed E-state index contributed by atoms with van der Waals surface area (Å²) in [6, 6.07) is -0.621. The molecule has 0 saturated heterocycles. The molecule has 0 heterocycles. The van der Waals surface area contributed by atoms with E-state index in [1.54, 1.807) is 0 Å². The van der Waals surface area contributed by atoms with Crippen molar-refractivity contribution in [2.75, 3.05) is 0 Å². The predicted octanol–water partition coefficient (Wildman–Crippen LogP) is 1.67. The van der Waals surface area contributed by atoms with Gasteiger partial charge in [-0.2, -0.15) is 4.39 Å². The molecule has 0 aliphatic heterocycles. The number of carbonyl (C=O) groups is 1. The Labute approximate surface area is 94.5 Å². The van der Waals surface area contributed by atoms with Crippen LogP contribution in [0.1, 0.15) is 24.4 Å². The average molecular weight is 249 g/mol. The molecule has 0 aromatic heterocycles. The summed E-state index contributed by atoms with van der Waals surface area (Å²) in [4.78, 5) is 10.3. The van der Waals surface area contributed by atoms with E-state index < -0.39 is 40.8 Å². The van der Waals surface area contributed by atoms with Gasteiger partial charge in [0, 0.05) is 18.0 Å². The number of rotatable bonds is 4. The number of aromatic hydroxyl groups is 1. The molecule has 0 bridgehead atoms. The highest BCUT2D eigenvalue weighted by molar-refractivity contribution is 5.66. The Morgan fingerprint density at radius 1 is 1.35 bits per heavy atom. The minimum atomic E-state index is -1.70. The van der Waals surface area contributed by atoms with Gasteiger partial charge in [0.1, 0.15) is 0 Å². The van der Waals surface area contributed by atoms with Crippen molar-refractivity contribution in [2.24, 2.45) is 5.73 Å². The van der Waals surface area contributed by atoms with Crippen LogP contribution in [0.25, 0.3) is 0 Å². The summed E-state index contributed by atoms with van der Waals surface area (Å²) in [6.07, 6.45) is -0.503. The first-order chi connectivity index (χ1) is 7.84. The minimum Gasteiger partial charge on any atom is -0.503 e. The smallest absolute Gasteiger partial charge is 0.303 e. The van der Waals surface area contributed by atoms with Crippen molar-refractivity contribution in [1.82, 2.24) is 0 Å². The van der Waals surface area contributed by atoms with Crippen molar-refractivity contribution in [3.8, 4) is 5.75 Å². The van der Waals surface area contributed by atoms with E-state index in [2.05, 4.69) is 0 Å². The van der Waals surface area contributed by atoms with Crippen LogP contribution in [0.4, 0.5) is 13.2 Å². The Hall–Kier alpha value is -1.76. The van der Waals surface area contributed by atoms with E-state index >= 15 is 0 Å². The van der Waals surface area contributed by atoms with Crippen LogP contribution in [0.2, 0.25) is 0 Å². The molecule has 0 saturated carbocycles. The lowest BCUT2D eigenvalue weighted by Crippen LogP contribution is -2.15. The fourth-order valence-corrected chi connectivity index (χ4v) is 1.31. The Morgan fingerprint density at radius 3 is 2.47 bits per heavy atom. The first kappa shape index (κ1) is 13.3. The lowest BCUT2D eigenvalue weighted by molar-refractivity contribution is -0.137. The normalized spacial score (nSPS) is 12.5. The SMILES string of the molecule is NC(CCC(=O)O)c1cc(F)c(F)c(O)c1F. The molecule has 1 unspecified atom stereocenters. The molecule has 4 nitrogen and oxygen atoms in total. The van der Waals surface area contributed by atoms with E-state index in [1.165, 1.54) is 0 Å². The van der Waals surface area contributed by atoms with Crippen molar-refractivity contribution in [1.29, 1.82) is 0 Å². The molecule has 1 atom stereocenters. The van der Waals surface area contributed by atoms with Gasteiger partial charge >= 0.3 is 5.97 Å². The average Bonchev–Trinajstić information content (AvgIpc) is 2.28. The van der Waals surface area contributed by atoms with Crippen LogP contribution >= 0.6 is 0 Å². The zero-order valence-corrected chi connectivity index (χ0v) is 8.58. The van der Waals surface area contributed by atoms with Crippen molar-refractivity contribution in [3.05, 3.63) is 29.1 Å². The molecule has 0 fully saturated rings. The van der Waals surface area contributed by atoms with Gasteiger partial charge in [-0.05, 0) is 12.5 Å². The molecule has 7 heteroatoms. The number of hydrogen-bond acceptors (Lipinski definition) is 3. The quantitative estimate of drug-likeness (QED) is 0.709. The first-order valence-corrected chi connectivity index (χ1v) is 4.68. The number of hydrogen-bond donors (Lipinski definition) is 3. The van der Waals surface area contributed by atoms with Crippen LogP contribution in [-0.4, -0.2) is 16.2 Å². The molecule has 1 aromatic carbocycles. The number of phenolic OH excluding ortho intramolecular Hbond substituents is 1. The molecular weight excluding hydrogens is 239 g/mol. The Morgan fingerprint density at radius 2 is 1.94 bits per heavy atom. The fourth-order valence-electron chi connectivity index (χ4n) is 1.31. The van der Waals surface area contributed by atoms with Gasteiger partial charge in [0.2, 0.25) is 5.82 Å². The van der Waals surface area contributed by atoms with E-state index in [0.717, 1.165) is 0 Å². The van der Waals surface area contributed by atoms with Crippen LogP contribution in [0.5, 0.6) is 5.75 Å². The highest BCUT2D eigenvalue weighted by Gasteiger charge is 2.22. The first-order valence-electron chi connectivity index (χ1n) is 4.68. The number of aliphatic carboxylic acids is 1. The molecule has 0 spiro atoms. The van der Waals surface area contributed by atoms with Crippen molar-refractivity contribution in [2.45, 2.75) is 18.9 Å². The van der Waals surface area contributed by atoms with Crippen LogP contribution in [-0.2, 0) is 4.79 Å². The monoisotopic (exact) mass is 249 g/mol. The summed E-state index contributed by atoms with van der Waals surface area (Å²) in [6.45, 7) is 0. The van der Waals surface area contributed by atoms with Gasteiger partial charge in [-0.15, -0.1) is 0 Å². The maximum Gasteiger partial charge on any atom is 0.303 e. The summed E-state index contributed by atoms with van der Waals surface area (Å²) in [5.41, 5.74) is 4.97. The summed E-state index contributed by atoms with van der Waals surface area (Å²) >= 11 is 0. The van der Waals surface area contributed by atoms with E-state index in [9.17, 15) is 18.0 Å². The number of carboxylic acid groups (broad SMARTS) is 1. The zero-order chi connectivity index (χ0) is 13.2. The van der Waals surface area contributed by atoms with Crippen molar-refractivity contribution >= 4 is 5.97 Å². The van der Waals surface area contributed by atoms with Gasteiger partial charge in [-0.3, -0.25) is 4.79 Å². The Balaban J connectivity index is 3.02. The molecule has 4 N–H and O–H groups in total. The lowest BCUT2D eigenvalue weighted by atomic mass is 10.0. The third-order valence-electron chi connectivity index (χ3n) is 2.23. The second-order valence-electron chi connectivity index (χ2n) is 3.46. The van der Waals surface area contributed by atoms with Gasteiger partial charge in [-0.1, -0.05) is 0 Å². The van der Waals surface area contributed by atoms with E-state index in [0.29, 0.717) is 6.07 Å². The molecule has 0 amide bonds. The van der Waals surface area contributed by atoms with E-state index in [4.69, 9.17) is 15.9 Å². The maximum atomic E-state index is 13.3. The van der Waals surface area contributed by atoms with Crippen LogP contribution in [0, 0.1) is 17.5 Å². The zero-order valence-electron chi connectivity index (χ0n) is 8.58. The molecule has 94 valence electrons. The van der Waals surface area contributed by atoms with Gasteiger partial charge in [0.25, 0.3) is 0 Å². The van der Waals surface area contributed by atoms with Gasteiger partial charge in [0.05, 0.1) is 0 Å². The molecule has 0 aliphatic rings. The number of carboxylic acids is 1. The van der Waals surface area contributed by atoms with Gasteiger partial charge in [0.15, 0.2) is 17.4 Å². The Kier molecular flexibility index (Phi) is 3.95. The van der Waals surface area contributed by atoms with Crippen LogP contribution in [0.15, 0.2) is 6.07 Å². The molecule has 0 aliphatic carbocycles. The summed E-state index contributed by atoms with van der Waals surface area (Å²) in [5, 5.41) is 17.3. The number of halogens is 3. The highest BCUT2D eigenvalue weighted by atomic mass is 19.2. The standard InChI is InChI=1S/C10H10F3NO3/c11-5-3-4(6(14)1-2-7(15)16)8(12)10(17)9(5)13/h3,6,17H,1-2,14H2,(H,15,16). The van der Waals surface area contributed by atoms with Crippen LogP contribution in [0.3, 0.4) is 0 Å². The Bertz CT molecular complexity index is 451. The fraction of sp³-hybridized carbons (Fsp3) is 0.300. The molecule has 1 rings (SSSR count). The molecular formula is C10H10F3NO3. The van der Waals surface area contributed by atoms with E-state index in [-0.39, 0.29) is 12.8 Å². The van der Waals surface area contributed by atoms with Gasteiger partial charge < -0.3 is 15.9 Å². The van der Waals surface area contributed by atoms with Crippen molar-refractivity contribution in [3.63, 3.8) is 0 Å².